The van der Waals surface area contributed by atoms with Gasteiger partial charge in [0.1, 0.15) is 11.6 Å². The zero-order valence-electron chi connectivity index (χ0n) is 11.6. The van der Waals surface area contributed by atoms with Gasteiger partial charge in [0.05, 0.1) is 23.5 Å². The molecule has 0 saturated heterocycles. The highest BCUT2D eigenvalue weighted by molar-refractivity contribution is 9.10. The number of halogens is 2. The van der Waals surface area contributed by atoms with E-state index in [2.05, 4.69) is 31.1 Å². The molecule has 0 aliphatic rings. The summed E-state index contributed by atoms with van der Waals surface area (Å²) in [6.07, 6.45) is 1.55. The summed E-state index contributed by atoms with van der Waals surface area (Å²) in [6, 6.07) is 12.1. The van der Waals surface area contributed by atoms with Crippen molar-refractivity contribution < 1.29 is 9.13 Å². The fraction of sp³-hybridized carbons (Fsp3) is 0.0625. The van der Waals surface area contributed by atoms with Gasteiger partial charge in [-0.05, 0) is 58.4 Å². The molecule has 3 rings (SSSR count). The van der Waals surface area contributed by atoms with Gasteiger partial charge in [-0.25, -0.2) is 9.37 Å². The number of methoxy groups -OCH3 is 1. The Morgan fingerprint density at radius 2 is 1.77 bits per heavy atom. The Morgan fingerprint density at radius 1 is 1.05 bits per heavy atom. The highest BCUT2D eigenvalue weighted by Gasteiger charge is 2.08. The Morgan fingerprint density at radius 3 is 2.45 bits per heavy atom. The van der Waals surface area contributed by atoms with Crippen LogP contribution in [0.5, 0.6) is 5.75 Å². The van der Waals surface area contributed by atoms with Crippen molar-refractivity contribution in [3.8, 4) is 28.4 Å². The molecule has 110 valence electrons. The molecule has 0 amide bonds. The molecule has 3 aromatic rings. The van der Waals surface area contributed by atoms with Crippen molar-refractivity contribution in [3.63, 3.8) is 0 Å². The van der Waals surface area contributed by atoms with Gasteiger partial charge < -0.3 is 4.74 Å². The highest BCUT2D eigenvalue weighted by atomic mass is 79.9. The maximum atomic E-state index is 13.3. The zero-order valence-corrected chi connectivity index (χ0v) is 13.2. The molecule has 0 saturated carbocycles. The maximum Gasteiger partial charge on any atom is 0.182 e. The Hall–Kier alpha value is -2.34. The number of ether oxygens (including phenoxy) is 1. The molecule has 0 radical (unpaired) electrons. The van der Waals surface area contributed by atoms with Crippen LogP contribution in [0.15, 0.2) is 53.1 Å². The van der Waals surface area contributed by atoms with Crippen molar-refractivity contribution in [1.29, 1.82) is 0 Å². The van der Waals surface area contributed by atoms with E-state index in [1.54, 1.807) is 25.4 Å². The Labute approximate surface area is 135 Å². The maximum absolute atomic E-state index is 13.3. The molecule has 0 aliphatic carbocycles. The Balaban J connectivity index is 1.99. The van der Waals surface area contributed by atoms with E-state index >= 15 is 0 Å². The molecule has 6 heteroatoms. The monoisotopic (exact) mass is 359 g/mol. The van der Waals surface area contributed by atoms with Gasteiger partial charge in [-0.15, -0.1) is 5.10 Å². The topological polar surface area (TPSA) is 47.9 Å². The number of nitrogens with zero attached hydrogens (tertiary/aromatic N) is 3. The lowest BCUT2D eigenvalue weighted by molar-refractivity contribution is 0.415. The third kappa shape index (κ3) is 2.96. The molecule has 4 nitrogen and oxygen atoms in total. The van der Waals surface area contributed by atoms with E-state index in [0.717, 1.165) is 16.9 Å². The normalized spacial score (nSPS) is 10.5. The average molecular weight is 360 g/mol. The second-order valence-electron chi connectivity index (χ2n) is 4.52. The van der Waals surface area contributed by atoms with Crippen molar-refractivity contribution in [3.05, 3.63) is 59.0 Å². The lowest BCUT2D eigenvalue weighted by Crippen LogP contribution is -1.95. The second kappa shape index (κ2) is 6.19. The zero-order chi connectivity index (χ0) is 15.5. The molecule has 2 aromatic carbocycles. The van der Waals surface area contributed by atoms with Crippen LogP contribution in [0.3, 0.4) is 0 Å². The van der Waals surface area contributed by atoms with Crippen molar-refractivity contribution in [2.45, 2.75) is 0 Å². The minimum atomic E-state index is -0.318. The van der Waals surface area contributed by atoms with Gasteiger partial charge in [0.15, 0.2) is 5.82 Å². The molecule has 0 atom stereocenters. The molecule has 1 heterocycles. The molecule has 1 aromatic heterocycles. The average Bonchev–Trinajstić information content (AvgIpc) is 2.57. The fourth-order valence-electron chi connectivity index (χ4n) is 1.96. The first-order valence-corrected chi connectivity index (χ1v) is 7.26. The lowest BCUT2D eigenvalue weighted by Gasteiger charge is -2.05. The molecule has 0 bridgehead atoms. The van der Waals surface area contributed by atoms with Crippen molar-refractivity contribution in [1.82, 2.24) is 15.2 Å². The summed E-state index contributed by atoms with van der Waals surface area (Å²) in [5, 5.41) is 8.02. The molecule has 0 unspecified atom stereocenters. The molecule has 0 N–H and O–H groups in total. The summed E-state index contributed by atoms with van der Waals surface area (Å²) in [5.74, 6) is 0.942. The van der Waals surface area contributed by atoms with Crippen LogP contribution in [0.2, 0.25) is 0 Å². The quantitative estimate of drug-likeness (QED) is 0.705. The summed E-state index contributed by atoms with van der Waals surface area (Å²) in [4.78, 5) is 4.48. The van der Waals surface area contributed by atoms with Crippen molar-refractivity contribution >= 4 is 15.9 Å². The number of hydrogen-bond donors (Lipinski definition) is 0. The van der Waals surface area contributed by atoms with Gasteiger partial charge in [0, 0.05) is 11.1 Å². The molecule has 22 heavy (non-hydrogen) atoms. The first kappa shape index (κ1) is 14.6. The standard InChI is InChI=1S/C16H11BrFN3O/c1-22-12-5-2-10(3-6-12)16-20-15(9-19-21-16)11-4-7-14(18)13(17)8-11/h2-9H,1H3. The van der Waals surface area contributed by atoms with Crippen LogP contribution in [-0.2, 0) is 0 Å². The number of hydrogen-bond acceptors (Lipinski definition) is 4. The molecular formula is C16H11BrFN3O. The van der Waals surface area contributed by atoms with Gasteiger partial charge in [0.2, 0.25) is 0 Å². The van der Waals surface area contributed by atoms with E-state index < -0.39 is 0 Å². The second-order valence-corrected chi connectivity index (χ2v) is 5.38. The summed E-state index contributed by atoms with van der Waals surface area (Å²) < 4.78 is 18.8. The minimum absolute atomic E-state index is 0.318. The lowest BCUT2D eigenvalue weighted by atomic mass is 10.1. The molecular weight excluding hydrogens is 349 g/mol. The van der Waals surface area contributed by atoms with Gasteiger partial charge in [-0.3, -0.25) is 0 Å². The van der Waals surface area contributed by atoms with Crippen molar-refractivity contribution in [2.75, 3.05) is 7.11 Å². The summed E-state index contributed by atoms with van der Waals surface area (Å²) in [7, 11) is 1.61. The van der Waals surface area contributed by atoms with E-state index in [0.29, 0.717) is 16.0 Å². The predicted molar refractivity (Wildman–Crippen MR) is 84.9 cm³/mol. The minimum Gasteiger partial charge on any atom is -0.497 e. The number of benzene rings is 2. The first-order chi connectivity index (χ1) is 10.7. The van der Waals surface area contributed by atoms with Crippen LogP contribution in [0.25, 0.3) is 22.6 Å². The van der Waals surface area contributed by atoms with Gasteiger partial charge in [-0.1, -0.05) is 0 Å². The largest absolute Gasteiger partial charge is 0.497 e. The molecule has 0 spiro atoms. The van der Waals surface area contributed by atoms with Gasteiger partial charge in [0.25, 0.3) is 0 Å². The molecule has 0 aliphatic heterocycles. The van der Waals surface area contributed by atoms with Crippen LogP contribution in [0.4, 0.5) is 4.39 Å². The van der Waals surface area contributed by atoms with E-state index in [-0.39, 0.29) is 5.82 Å². The Kier molecular flexibility index (Phi) is 4.11. The van der Waals surface area contributed by atoms with E-state index in [1.807, 2.05) is 24.3 Å². The summed E-state index contributed by atoms with van der Waals surface area (Å²) in [5.41, 5.74) is 2.22. The molecule has 0 fully saturated rings. The highest BCUT2D eigenvalue weighted by Crippen LogP contribution is 2.25. The summed E-state index contributed by atoms with van der Waals surface area (Å²) in [6.45, 7) is 0. The van der Waals surface area contributed by atoms with Crippen LogP contribution >= 0.6 is 15.9 Å². The van der Waals surface area contributed by atoms with E-state index in [1.165, 1.54) is 6.07 Å². The summed E-state index contributed by atoms with van der Waals surface area (Å²) >= 11 is 3.17. The predicted octanol–water partition coefficient (Wildman–Crippen LogP) is 4.12. The smallest absolute Gasteiger partial charge is 0.182 e. The number of aromatic nitrogens is 3. The van der Waals surface area contributed by atoms with Crippen LogP contribution < -0.4 is 4.74 Å². The van der Waals surface area contributed by atoms with Crippen LogP contribution in [0.1, 0.15) is 0 Å². The third-order valence-electron chi connectivity index (χ3n) is 3.12. The van der Waals surface area contributed by atoms with Gasteiger partial charge >= 0.3 is 0 Å². The van der Waals surface area contributed by atoms with Crippen LogP contribution in [-0.4, -0.2) is 22.3 Å². The third-order valence-corrected chi connectivity index (χ3v) is 3.73. The van der Waals surface area contributed by atoms with Crippen molar-refractivity contribution in [2.24, 2.45) is 0 Å². The van der Waals surface area contributed by atoms with E-state index in [4.69, 9.17) is 4.74 Å². The fourth-order valence-corrected chi connectivity index (χ4v) is 2.34. The Bertz CT molecular complexity index is 809. The SMILES string of the molecule is COc1ccc(-c2nncc(-c3ccc(F)c(Br)c3)n2)cc1. The first-order valence-electron chi connectivity index (χ1n) is 6.47. The van der Waals surface area contributed by atoms with Gasteiger partial charge in [-0.2, -0.15) is 5.10 Å². The van der Waals surface area contributed by atoms with E-state index in [9.17, 15) is 4.39 Å². The van der Waals surface area contributed by atoms with Crippen LogP contribution in [0, 0.1) is 5.82 Å². The number of rotatable bonds is 3.